The molecule has 0 aliphatic carbocycles. The predicted molar refractivity (Wildman–Crippen MR) is 82.5 cm³/mol. The summed E-state index contributed by atoms with van der Waals surface area (Å²) < 4.78 is 13.6. The molecular formula is C17H19ClFN. The molecule has 1 N–H and O–H groups in total. The summed E-state index contributed by atoms with van der Waals surface area (Å²) in [6, 6.07) is 15.5. The van der Waals surface area contributed by atoms with Crippen molar-refractivity contribution >= 4 is 11.6 Å². The topological polar surface area (TPSA) is 12.0 Å². The van der Waals surface area contributed by atoms with Gasteiger partial charge in [0.2, 0.25) is 0 Å². The molecule has 2 aromatic carbocycles. The number of hydrogen-bond donors (Lipinski definition) is 1. The minimum atomic E-state index is -0.250. The van der Waals surface area contributed by atoms with E-state index in [1.807, 2.05) is 18.2 Å². The van der Waals surface area contributed by atoms with Gasteiger partial charge in [0, 0.05) is 23.2 Å². The van der Waals surface area contributed by atoms with Gasteiger partial charge in [0.05, 0.1) is 0 Å². The van der Waals surface area contributed by atoms with E-state index in [1.54, 1.807) is 12.1 Å². The number of benzene rings is 2. The van der Waals surface area contributed by atoms with Crippen molar-refractivity contribution in [1.82, 2.24) is 5.32 Å². The van der Waals surface area contributed by atoms with Crippen molar-refractivity contribution < 1.29 is 4.39 Å². The molecule has 20 heavy (non-hydrogen) atoms. The minimum absolute atomic E-state index is 0.250. The summed E-state index contributed by atoms with van der Waals surface area (Å²) in [5.74, 6) is -0.250. The highest BCUT2D eigenvalue weighted by atomic mass is 35.5. The maximum absolute atomic E-state index is 13.6. The lowest BCUT2D eigenvalue weighted by Gasteiger charge is -2.15. The van der Waals surface area contributed by atoms with Crippen molar-refractivity contribution in [2.24, 2.45) is 0 Å². The van der Waals surface area contributed by atoms with Crippen molar-refractivity contribution in [2.75, 3.05) is 0 Å². The van der Waals surface area contributed by atoms with Crippen LogP contribution in [-0.4, -0.2) is 6.04 Å². The molecular weight excluding hydrogens is 273 g/mol. The van der Waals surface area contributed by atoms with Gasteiger partial charge >= 0.3 is 0 Å². The lowest BCUT2D eigenvalue weighted by Crippen LogP contribution is -2.26. The quantitative estimate of drug-likeness (QED) is 0.821. The second kappa shape index (κ2) is 7.41. The molecule has 2 rings (SSSR count). The lowest BCUT2D eigenvalue weighted by atomic mass is 10.1. The van der Waals surface area contributed by atoms with Crippen LogP contribution in [0.2, 0.25) is 5.02 Å². The molecule has 0 saturated heterocycles. The van der Waals surface area contributed by atoms with E-state index in [1.165, 1.54) is 11.6 Å². The number of halogens is 2. The first-order chi connectivity index (χ1) is 9.66. The average molecular weight is 292 g/mol. The fourth-order valence-corrected chi connectivity index (χ4v) is 2.34. The molecule has 0 fully saturated rings. The molecule has 0 radical (unpaired) electrons. The van der Waals surface area contributed by atoms with Crippen LogP contribution in [0.4, 0.5) is 4.39 Å². The van der Waals surface area contributed by atoms with E-state index in [4.69, 9.17) is 11.6 Å². The fourth-order valence-electron chi connectivity index (χ4n) is 2.11. The Morgan fingerprint density at radius 1 is 1.10 bits per heavy atom. The maximum atomic E-state index is 13.6. The maximum Gasteiger partial charge on any atom is 0.129 e. The van der Waals surface area contributed by atoms with E-state index in [0.29, 0.717) is 23.2 Å². The van der Waals surface area contributed by atoms with E-state index < -0.39 is 0 Å². The van der Waals surface area contributed by atoms with Crippen LogP contribution in [0, 0.1) is 5.82 Å². The lowest BCUT2D eigenvalue weighted by molar-refractivity contribution is 0.501. The SMILES string of the molecule is C[C@@H](CCc1ccccc1)NCc1c(F)cccc1Cl. The van der Waals surface area contributed by atoms with Crippen molar-refractivity contribution in [2.45, 2.75) is 32.4 Å². The van der Waals surface area contributed by atoms with Crippen molar-refractivity contribution in [1.29, 1.82) is 0 Å². The van der Waals surface area contributed by atoms with E-state index in [9.17, 15) is 4.39 Å². The third kappa shape index (κ3) is 4.32. The van der Waals surface area contributed by atoms with Gasteiger partial charge < -0.3 is 5.32 Å². The van der Waals surface area contributed by atoms with E-state index in [2.05, 4.69) is 24.4 Å². The smallest absolute Gasteiger partial charge is 0.129 e. The number of aryl methyl sites for hydroxylation is 1. The van der Waals surface area contributed by atoms with Gasteiger partial charge in [-0.2, -0.15) is 0 Å². The van der Waals surface area contributed by atoms with Gasteiger partial charge in [-0.1, -0.05) is 48.0 Å². The second-order valence-electron chi connectivity index (χ2n) is 5.01. The highest BCUT2D eigenvalue weighted by Gasteiger charge is 2.08. The normalized spacial score (nSPS) is 12.3. The van der Waals surface area contributed by atoms with Crippen LogP contribution < -0.4 is 5.32 Å². The van der Waals surface area contributed by atoms with Gasteiger partial charge in [-0.3, -0.25) is 0 Å². The zero-order valence-corrected chi connectivity index (χ0v) is 12.3. The Labute approximate surface area is 124 Å². The first-order valence-electron chi connectivity index (χ1n) is 6.87. The first-order valence-corrected chi connectivity index (χ1v) is 7.25. The van der Waals surface area contributed by atoms with E-state index >= 15 is 0 Å². The molecule has 0 aromatic heterocycles. The molecule has 0 saturated carbocycles. The van der Waals surface area contributed by atoms with Crippen LogP contribution in [0.15, 0.2) is 48.5 Å². The Kier molecular flexibility index (Phi) is 5.57. The molecule has 0 aliphatic heterocycles. The Morgan fingerprint density at radius 3 is 2.55 bits per heavy atom. The van der Waals surface area contributed by atoms with E-state index in [-0.39, 0.29) is 5.82 Å². The highest BCUT2D eigenvalue weighted by Crippen LogP contribution is 2.18. The summed E-state index contributed by atoms with van der Waals surface area (Å²) in [5, 5.41) is 3.81. The van der Waals surface area contributed by atoms with Crippen LogP contribution in [0.25, 0.3) is 0 Å². The first kappa shape index (κ1) is 15.0. The van der Waals surface area contributed by atoms with Crippen LogP contribution in [-0.2, 0) is 13.0 Å². The van der Waals surface area contributed by atoms with Gasteiger partial charge in [-0.15, -0.1) is 0 Å². The van der Waals surface area contributed by atoms with Crippen LogP contribution in [0.1, 0.15) is 24.5 Å². The van der Waals surface area contributed by atoms with Crippen LogP contribution >= 0.6 is 11.6 Å². The summed E-state index contributed by atoms with van der Waals surface area (Å²) in [7, 11) is 0. The average Bonchev–Trinajstić information content (AvgIpc) is 2.46. The molecule has 1 nitrogen and oxygen atoms in total. The zero-order chi connectivity index (χ0) is 14.4. The third-order valence-corrected chi connectivity index (χ3v) is 3.75. The second-order valence-corrected chi connectivity index (χ2v) is 5.41. The van der Waals surface area contributed by atoms with Gasteiger partial charge in [0.25, 0.3) is 0 Å². The van der Waals surface area contributed by atoms with Gasteiger partial charge in [-0.25, -0.2) is 4.39 Å². The predicted octanol–water partition coefficient (Wildman–Crippen LogP) is 4.59. The van der Waals surface area contributed by atoms with Crippen LogP contribution in [0.5, 0.6) is 0 Å². The molecule has 106 valence electrons. The molecule has 0 bridgehead atoms. The Hall–Kier alpha value is -1.38. The van der Waals surface area contributed by atoms with Crippen molar-refractivity contribution in [3.8, 4) is 0 Å². The van der Waals surface area contributed by atoms with Crippen molar-refractivity contribution in [3.63, 3.8) is 0 Å². The number of hydrogen-bond acceptors (Lipinski definition) is 1. The van der Waals surface area contributed by atoms with Gasteiger partial charge in [-0.05, 0) is 37.5 Å². The third-order valence-electron chi connectivity index (χ3n) is 3.40. The molecule has 3 heteroatoms. The molecule has 0 aliphatic rings. The summed E-state index contributed by atoms with van der Waals surface area (Å²) >= 11 is 6.01. The zero-order valence-electron chi connectivity index (χ0n) is 11.6. The molecule has 2 aromatic rings. The van der Waals surface area contributed by atoms with Crippen LogP contribution in [0.3, 0.4) is 0 Å². The fraction of sp³-hybridized carbons (Fsp3) is 0.294. The summed E-state index contributed by atoms with van der Waals surface area (Å²) in [5.41, 5.74) is 1.87. The number of nitrogens with one attached hydrogen (secondary N) is 1. The molecule has 0 heterocycles. The van der Waals surface area contributed by atoms with Gasteiger partial charge in [0.15, 0.2) is 0 Å². The standard InChI is InChI=1S/C17H19ClFN/c1-13(10-11-14-6-3-2-4-7-14)20-12-15-16(18)8-5-9-17(15)19/h2-9,13,20H,10-12H2,1H3/t13-/m0/s1. The molecule has 0 spiro atoms. The Morgan fingerprint density at radius 2 is 1.85 bits per heavy atom. The summed E-state index contributed by atoms with van der Waals surface area (Å²) in [6.45, 7) is 2.57. The molecule has 0 unspecified atom stereocenters. The largest absolute Gasteiger partial charge is 0.310 e. The minimum Gasteiger partial charge on any atom is -0.310 e. The Bertz CT molecular complexity index is 522. The molecule has 1 atom stereocenters. The summed E-state index contributed by atoms with van der Waals surface area (Å²) in [4.78, 5) is 0. The monoisotopic (exact) mass is 291 g/mol. The van der Waals surface area contributed by atoms with Crippen molar-refractivity contribution in [3.05, 3.63) is 70.5 Å². The van der Waals surface area contributed by atoms with Gasteiger partial charge in [0.1, 0.15) is 5.82 Å². The molecule has 0 amide bonds. The highest BCUT2D eigenvalue weighted by molar-refractivity contribution is 6.31. The van der Waals surface area contributed by atoms with E-state index in [0.717, 1.165) is 12.8 Å². The summed E-state index contributed by atoms with van der Waals surface area (Å²) in [6.07, 6.45) is 2.02. The Balaban J connectivity index is 1.82. The number of rotatable bonds is 6.